The summed E-state index contributed by atoms with van der Waals surface area (Å²) in [5, 5.41) is 0. The number of benzene rings is 1. The number of hydrogen-bond donors (Lipinski definition) is 0. The Morgan fingerprint density at radius 2 is 1.95 bits per heavy atom. The van der Waals surface area contributed by atoms with E-state index in [9.17, 15) is 4.79 Å². The number of esters is 1. The second-order valence-corrected chi connectivity index (χ2v) is 5.07. The third-order valence-electron chi connectivity index (χ3n) is 3.20. The summed E-state index contributed by atoms with van der Waals surface area (Å²) < 4.78 is 5.10. The van der Waals surface area contributed by atoms with Gasteiger partial charge in [0.2, 0.25) is 0 Å². The maximum Gasteiger partial charge on any atom is 0.309 e. The zero-order valence-electron chi connectivity index (χ0n) is 12.2. The number of rotatable bonds is 7. The zero-order chi connectivity index (χ0) is 14.3. The molecule has 0 aliphatic rings. The molecule has 0 bridgehead atoms. The molecule has 0 aromatic heterocycles. The zero-order valence-corrected chi connectivity index (χ0v) is 12.2. The van der Waals surface area contributed by atoms with Gasteiger partial charge in [0.05, 0.1) is 12.5 Å². The van der Waals surface area contributed by atoms with Crippen molar-refractivity contribution in [2.45, 2.75) is 39.5 Å². The van der Waals surface area contributed by atoms with Crippen LogP contribution in [0.25, 0.3) is 0 Å². The minimum Gasteiger partial charge on any atom is -0.466 e. The first-order valence-corrected chi connectivity index (χ1v) is 6.94. The van der Waals surface area contributed by atoms with E-state index in [1.807, 2.05) is 6.92 Å². The van der Waals surface area contributed by atoms with E-state index in [0.29, 0.717) is 25.4 Å². The summed E-state index contributed by atoms with van der Waals surface area (Å²) in [7, 11) is 0. The fourth-order valence-corrected chi connectivity index (χ4v) is 2.05. The summed E-state index contributed by atoms with van der Waals surface area (Å²) >= 11 is 0. The SMILES string of the molecule is C=CC[C@H](Cc1ccc(C(C)C)cc1)C(=O)OCC. The number of hydrogen-bond acceptors (Lipinski definition) is 2. The Hall–Kier alpha value is -1.57. The lowest BCUT2D eigenvalue weighted by molar-refractivity contribution is -0.147. The van der Waals surface area contributed by atoms with Crippen molar-refractivity contribution in [1.82, 2.24) is 0 Å². The average molecular weight is 260 g/mol. The van der Waals surface area contributed by atoms with Crippen LogP contribution in [0.3, 0.4) is 0 Å². The normalized spacial score (nSPS) is 12.2. The third-order valence-corrected chi connectivity index (χ3v) is 3.20. The minimum atomic E-state index is -0.129. The molecular formula is C17H24O2. The molecule has 104 valence electrons. The maximum atomic E-state index is 11.8. The van der Waals surface area contributed by atoms with Gasteiger partial charge in [-0.3, -0.25) is 4.79 Å². The van der Waals surface area contributed by atoms with Gasteiger partial charge in [0.25, 0.3) is 0 Å². The molecule has 1 atom stereocenters. The number of carbonyl (C=O) groups excluding carboxylic acids is 1. The smallest absolute Gasteiger partial charge is 0.309 e. The molecule has 0 spiro atoms. The topological polar surface area (TPSA) is 26.3 Å². The van der Waals surface area contributed by atoms with E-state index in [0.717, 1.165) is 0 Å². The van der Waals surface area contributed by atoms with E-state index in [2.05, 4.69) is 44.7 Å². The van der Waals surface area contributed by atoms with E-state index in [-0.39, 0.29) is 11.9 Å². The fraction of sp³-hybridized carbons (Fsp3) is 0.471. The van der Waals surface area contributed by atoms with E-state index in [1.165, 1.54) is 11.1 Å². The maximum absolute atomic E-state index is 11.8. The Labute approximate surface area is 116 Å². The van der Waals surface area contributed by atoms with Gasteiger partial charge in [0, 0.05) is 0 Å². The fourth-order valence-electron chi connectivity index (χ4n) is 2.05. The van der Waals surface area contributed by atoms with Crippen molar-refractivity contribution in [1.29, 1.82) is 0 Å². The summed E-state index contributed by atoms with van der Waals surface area (Å²) in [5.74, 6) is 0.278. The van der Waals surface area contributed by atoms with Crippen LogP contribution in [-0.4, -0.2) is 12.6 Å². The van der Waals surface area contributed by atoms with Crippen LogP contribution in [0.2, 0.25) is 0 Å². The molecule has 0 aliphatic carbocycles. The second-order valence-electron chi connectivity index (χ2n) is 5.07. The molecule has 0 fully saturated rings. The van der Waals surface area contributed by atoms with Gasteiger partial charge >= 0.3 is 5.97 Å². The summed E-state index contributed by atoms with van der Waals surface area (Å²) in [5.41, 5.74) is 2.49. The summed E-state index contributed by atoms with van der Waals surface area (Å²) in [4.78, 5) is 11.8. The predicted molar refractivity (Wildman–Crippen MR) is 79.2 cm³/mol. The van der Waals surface area contributed by atoms with Gasteiger partial charge in [-0.2, -0.15) is 0 Å². The molecule has 2 nitrogen and oxygen atoms in total. The summed E-state index contributed by atoms with van der Waals surface area (Å²) in [6, 6.07) is 8.47. The Bertz CT molecular complexity index is 404. The van der Waals surface area contributed by atoms with Crippen molar-refractivity contribution >= 4 is 5.97 Å². The van der Waals surface area contributed by atoms with Gasteiger partial charge in [-0.25, -0.2) is 0 Å². The van der Waals surface area contributed by atoms with E-state index in [1.54, 1.807) is 6.08 Å². The van der Waals surface area contributed by atoms with E-state index < -0.39 is 0 Å². The average Bonchev–Trinajstić information content (AvgIpc) is 2.39. The molecular weight excluding hydrogens is 236 g/mol. The molecule has 1 rings (SSSR count). The highest BCUT2D eigenvalue weighted by Crippen LogP contribution is 2.19. The molecule has 0 saturated carbocycles. The van der Waals surface area contributed by atoms with Crippen molar-refractivity contribution in [3.63, 3.8) is 0 Å². The molecule has 0 amide bonds. The van der Waals surface area contributed by atoms with Crippen LogP contribution in [0.4, 0.5) is 0 Å². The van der Waals surface area contributed by atoms with Crippen molar-refractivity contribution in [2.75, 3.05) is 6.61 Å². The van der Waals surface area contributed by atoms with Crippen LogP contribution in [0, 0.1) is 5.92 Å². The van der Waals surface area contributed by atoms with Crippen LogP contribution in [0.5, 0.6) is 0 Å². The molecule has 0 radical (unpaired) electrons. The van der Waals surface area contributed by atoms with E-state index >= 15 is 0 Å². The number of ether oxygens (including phenoxy) is 1. The number of allylic oxidation sites excluding steroid dienone is 1. The molecule has 0 aliphatic heterocycles. The molecule has 0 heterocycles. The van der Waals surface area contributed by atoms with Crippen molar-refractivity contribution in [2.24, 2.45) is 5.92 Å². The highest BCUT2D eigenvalue weighted by atomic mass is 16.5. The Morgan fingerprint density at radius 1 is 1.32 bits per heavy atom. The lowest BCUT2D eigenvalue weighted by atomic mass is 9.94. The van der Waals surface area contributed by atoms with Gasteiger partial charge < -0.3 is 4.74 Å². The van der Waals surface area contributed by atoms with Crippen molar-refractivity contribution in [3.05, 3.63) is 48.0 Å². The monoisotopic (exact) mass is 260 g/mol. The first-order valence-electron chi connectivity index (χ1n) is 6.94. The molecule has 0 N–H and O–H groups in total. The van der Waals surface area contributed by atoms with Crippen LogP contribution >= 0.6 is 0 Å². The standard InChI is InChI=1S/C17H24O2/c1-5-7-16(17(18)19-6-2)12-14-8-10-15(11-9-14)13(3)4/h5,8-11,13,16H,1,6-7,12H2,2-4H3/t16-/m1/s1. The first kappa shape index (κ1) is 15.5. The quantitative estimate of drug-likeness (QED) is 0.545. The van der Waals surface area contributed by atoms with Gasteiger partial charge in [-0.1, -0.05) is 44.2 Å². The first-order chi connectivity index (χ1) is 9.08. The molecule has 0 unspecified atom stereocenters. The molecule has 1 aromatic carbocycles. The van der Waals surface area contributed by atoms with Gasteiger partial charge in [-0.15, -0.1) is 6.58 Å². The van der Waals surface area contributed by atoms with Crippen LogP contribution in [0.1, 0.15) is 44.2 Å². The molecule has 0 saturated heterocycles. The number of carbonyl (C=O) groups is 1. The van der Waals surface area contributed by atoms with Crippen molar-refractivity contribution in [3.8, 4) is 0 Å². The summed E-state index contributed by atoms with van der Waals surface area (Å²) in [6.45, 7) is 10.3. The largest absolute Gasteiger partial charge is 0.466 e. The minimum absolute atomic E-state index is 0.123. The van der Waals surface area contributed by atoms with Crippen LogP contribution in [-0.2, 0) is 16.0 Å². The van der Waals surface area contributed by atoms with Crippen LogP contribution in [0.15, 0.2) is 36.9 Å². The van der Waals surface area contributed by atoms with Crippen molar-refractivity contribution < 1.29 is 9.53 Å². The van der Waals surface area contributed by atoms with Gasteiger partial charge in [0.1, 0.15) is 0 Å². The van der Waals surface area contributed by atoms with Gasteiger partial charge in [-0.05, 0) is 36.8 Å². The second kappa shape index (κ2) is 7.78. The lowest BCUT2D eigenvalue weighted by Gasteiger charge is -2.14. The highest BCUT2D eigenvalue weighted by molar-refractivity contribution is 5.73. The molecule has 1 aromatic rings. The van der Waals surface area contributed by atoms with Crippen LogP contribution < -0.4 is 0 Å². The Kier molecular flexibility index (Phi) is 6.34. The highest BCUT2D eigenvalue weighted by Gasteiger charge is 2.18. The molecule has 2 heteroatoms. The Morgan fingerprint density at radius 3 is 2.42 bits per heavy atom. The van der Waals surface area contributed by atoms with E-state index in [4.69, 9.17) is 4.74 Å². The third kappa shape index (κ3) is 4.90. The molecule has 19 heavy (non-hydrogen) atoms. The lowest BCUT2D eigenvalue weighted by Crippen LogP contribution is -2.19. The van der Waals surface area contributed by atoms with Gasteiger partial charge in [0.15, 0.2) is 0 Å². The predicted octanol–water partition coefficient (Wildman–Crippen LogP) is 4.11. The Balaban J connectivity index is 2.73. The summed E-state index contributed by atoms with van der Waals surface area (Å²) in [6.07, 6.45) is 3.15.